The van der Waals surface area contributed by atoms with Gasteiger partial charge in [0.05, 0.1) is 68.0 Å². The number of nitrogens with zero attached hydrogens (tertiary/aromatic N) is 6. The molecule has 10 heterocycles. The molecule has 0 amide bonds. The number of aromatic nitrogens is 8. The fraction of sp³-hybridized carbons (Fsp3) is 0.0732. The molecule has 0 saturated heterocycles. The highest BCUT2D eigenvalue weighted by Crippen LogP contribution is 2.44. The van der Waals surface area contributed by atoms with Crippen molar-refractivity contribution >= 4 is 115 Å². The lowest BCUT2D eigenvalue weighted by Crippen LogP contribution is -2.11. The number of anilines is 4. The first-order chi connectivity index (χ1) is 45.0. The summed E-state index contributed by atoms with van der Waals surface area (Å²) >= 11 is 0. The van der Waals surface area contributed by atoms with E-state index < -0.39 is 0 Å². The third-order valence-electron chi connectivity index (χ3n) is 18.0. The second-order valence-corrected chi connectivity index (χ2v) is 24.2. The van der Waals surface area contributed by atoms with Crippen molar-refractivity contribution in [3.63, 3.8) is 0 Å². The molecule has 16 bridgehead atoms. The highest BCUT2D eigenvalue weighted by Gasteiger charge is 2.25. The van der Waals surface area contributed by atoms with E-state index in [9.17, 15) is 0 Å². The van der Waals surface area contributed by atoms with E-state index in [1.165, 1.54) is 22.3 Å². The zero-order chi connectivity index (χ0) is 62.1. The lowest BCUT2D eigenvalue weighted by atomic mass is 10.0. The number of nitrogens with one attached hydrogen (secondary N) is 4. The molecule has 0 unspecified atom stereocenters. The van der Waals surface area contributed by atoms with Crippen LogP contribution >= 0.6 is 0 Å². The van der Waals surface area contributed by atoms with Crippen molar-refractivity contribution in [2.24, 2.45) is 0 Å². The Morgan fingerprint density at radius 1 is 0.228 bits per heavy atom. The van der Waals surface area contributed by atoms with Crippen LogP contribution in [0, 0.1) is 27.7 Å². The molecule has 92 heavy (non-hydrogen) atoms. The van der Waals surface area contributed by atoms with Crippen molar-refractivity contribution in [2.45, 2.75) is 27.7 Å². The zero-order valence-corrected chi connectivity index (χ0v) is 51.9. The van der Waals surface area contributed by atoms with Crippen molar-refractivity contribution in [3.8, 4) is 55.6 Å². The van der Waals surface area contributed by atoms with Crippen molar-refractivity contribution in [2.75, 3.05) is 23.9 Å². The Hall–Kier alpha value is -11.9. The summed E-state index contributed by atoms with van der Waals surface area (Å²) in [5.74, 6) is 0. The SMILES string of the molecule is Cc1ccc(-c2c3nc(c(N(C)c4ccccc4)c4ccc([nH]4)c(-c4ccc(C)cc4)c4nc(c(-c5c6nc(c(-c7ccc(C)cc7)c7ccc([nH]7)c(N(C)c7ccccc7)c7nc(c(-c8ccc(C)cc8)c8ccc5[nH]8)C=C7)C=C6)c5ccc2[nH]5)C=C4)C=C3)cc1. The van der Waals surface area contributed by atoms with E-state index in [1.54, 1.807) is 0 Å². The van der Waals surface area contributed by atoms with Gasteiger partial charge in [0.2, 0.25) is 0 Å². The predicted octanol–water partition coefficient (Wildman–Crippen LogP) is 20.7. The minimum Gasteiger partial charge on any atom is -0.354 e. The van der Waals surface area contributed by atoms with Crippen LogP contribution in [-0.2, 0) is 0 Å². The number of aryl methyl sites for hydroxylation is 4. The van der Waals surface area contributed by atoms with Gasteiger partial charge in [0.15, 0.2) is 0 Å². The van der Waals surface area contributed by atoms with E-state index in [-0.39, 0.29) is 0 Å². The Balaban J connectivity index is 1.07. The number of hydrogen-bond donors (Lipinski definition) is 4. The van der Waals surface area contributed by atoms with Crippen molar-refractivity contribution < 1.29 is 0 Å². The number of aromatic amines is 4. The number of para-hydroxylation sites is 2. The van der Waals surface area contributed by atoms with Crippen molar-refractivity contribution in [1.82, 2.24) is 39.9 Å². The van der Waals surface area contributed by atoms with E-state index >= 15 is 0 Å². The van der Waals surface area contributed by atoms with Crippen LogP contribution in [-0.4, -0.2) is 54.0 Å². The quantitative estimate of drug-likeness (QED) is 0.114. The van der Waals surface area contributed by atoms with Gasteiger partial charge in [-0.05, 0) is 171 Å². The standard InChI is InChI=1S/C82H64N10/c1-49-17-25-53(26-18-49)75-59-33-37-67(83-59)79(68-38-34-60(84-68)76(54-27-19-50(2)20-28-54)64-42-46-72(88-64)81(71-45-41-63(75)87-71)91(5)57-13-9-7-10-14-57)80-69-39-35-61(85-69)77(55-29-21-51(3)22-30-55)65-43-47-73(89-65)82(92(6)58-15-11-8-12-16-58)74-48-44-66(90-74)78(62-36-40-70(80)86-62)56-31-23-52(4)24-32-56/h7-48,83,85,88,90H,1-6H3. The fourth-order valence-corrected chi connectivity index (χ4v) is 13.3. The van der Waals surface area contributed by atoms with E-state index in [2.05, 4.69) is 326 Å². The summed E-state index contributed by atoms with van der Waals surface area (Å²) < 4.78 is 0. The first-order valence-electron chi connectivity index (χ1n) is 31.2. The molecule has 0 atom stereocenters. The van der Waals surface area contributed by atoms with Gasteiger partial charge in [0, 0.05) is 92.0 Å². The molecule has 12 aromatic rings. The van der Waals surface area contributed by atoms with Crippen molar-refractivity contribution in [3.05, 3.63) is 274 Å². The van der Waals surface area contributed by atoms with Gasteiger partial charge in [0.1, 0.15) is 0 Å². The number of hydrogen-bond acceptors (Lipinski definition) is 6. The van der Waals surface area contributed by atoms with Gasteiger partial charge in [-0.15, -0.1) is 0 Å². The minimum absolute atomic E-state index is 0.760. The molecule has 4 aliphatic heterocycles. The Bertz CT molecular complexity index is 5000. The number of fused-ring (bicyclic) bond motifs is 16. The van der Waals surface area contributed by atoms with Crippen LogP contribution in [0.4, 0.5) is 22.7 Å². The molecule has 0 fully saturated rings. The van der Waals surface area contributed by atoms with E-state index in [0.29, 0.717) is 0 Å². The van der Waals surface area contributed by atoms with E-state index in [1.807, 2.05) is 0 Å². The van der Waals surface area contributed by atoms with Gasteiger partial charge in [-0.1, -0.05) is 156 Å². The molecular formula is C82H64N10. The van der Waals surface area contributed by atoms with E-state index in [0.717, 1.165) is 168 Å². The fourth-order valence-electron chi connectivity index (χ4n) is 13.3. The Morgan fingerprint density at radius 3 is 0.728 bits per heavy atom. The van der Waals surface area contributed by atoms with Gasteiger partial charge in [0.25, 0.3) is 0 Å². The first kappa shape index (κ1) is 55.4. The summed E-state index contributed by atoms with van der Waals surface area (Å²) in [6.45, 7) is 8.51. The largest absolute Gasteiger partial charge is 0.354 e. The summed E-state index contributed by atoms with van der Waals surface area (Å²) in [4.78, 5) is 43.4. The van der Waals surface area contributed by atoms with Crippen LogP contribution in [0.15, 0.2) is 206 Å². The molecule has 0 radical (unpaired) electrons. The average molecular weight is 1190 g/mol. The summed E-state index contributed by atoms with van der Waals surface area (Å²) in [6, 6.07) is 73.4. The van der Waals surface area contributed by atoms with Crippen LogP contribution in [0.1, 0.15) is 67.8 Å². The summed E-state index contributed by atoms with van der Waals surface area (Å²) in [7, 11) is 4.23. The minimum atomic E-state index is 0.760. The van der Waals surface area contributed by atoms with Gasteiger partial charge in [-0.2, -0.15) is 0 Å². The van der Waals surface area contributed by atoms with Crippen LogP contribution in [0.2, 0.25) is 0 Å². The molecule has 0 saturated carbocycles. The Kier molecular flexibility index (Phi) is 13.6. The number of benzene rings is 6. The maximum Gasteiger partial charge on any atom is 0.0908 e. The third kappa shape index (κ3) is 9.95. The molecule has 0 aliphatic carbocycles. The molecule has 16 rings (SSSR count). The molecule has 0 spiro atoms. The summed E-state index contributed by atoms with van der Waals surface area (Å²) in [6.07, 6.45) is 17.3. The predicted molar refractivity (Wildman–Crippen MR) is 386 cm³/mol. The molecule has 4 aliphatic rings. The van der Waals surface area contributed by atoms with Crippen LogP contribution in [0.25, 0.3) is 148 Å². The molecule has 6 aromatic carbocycles. The normalized spacial score (nSPS) is 12.3. The second kappa shape index (κ2) is 22.6. The summed E-state index contributed by atoms with van der Waals surface area (Å²) in [5, 5.41) is 0. The Labute approximate surface area is 533 Å². The van der Waals surface area contributed by atoms with Crippen LogP contribution in [0.3, 0.4) is 0 Å². The van der Waals surface area contributed by atoms with Gasteiger partial charge in [-0.3, -0.25) is 0 Å². The molecule has 442 valence electrons. The Morgan fingerprint density at radius 2 is 0.446 bits per heavy atom. The highest BCUT2D eigenvalue weighted by atomic mass is 15.1. The maximum atomic E-state index is 5.83. The van der Waals surface area contributed by atoms with Gasteiger partial charge < -0.3 is 29.7 Å². The topological polar surface area (TPSA) is 121 Å². The van der Waals surface area contributed by atoms with Gasteiger partial charge in [-0.25, -0.2) is 19.9 Å². The lowest BCUT2D eigenvalue weighted by Gasteiger charge is -2.20. The molecular weight excluding hydrogens is 1120 g/mol. The van der Waals surface area contributed by atoms with Crippen LogP contribution < -0.4 is 9.80 Å². The lowest BCUT2D eigenvalue weighted by molar-refractivity contribution is 1.18. The number of rotatable bonds is 9. The monoisotopic (exact) mass is 1190 g/mol. The average Bonchev–Trinajstić information content (AvgIpc) is 1.61. The van der Waals surface area contributed by atoms with Crippen molar-refractivity contribution in [1.29, 1.82) is 0 Å². The molecule has 10 nitrogen and oxygen atoms in total. The number of H-pyrrole nitrogens is 4. The molecule has 6 aromatic heterocycles. The first-order valence-corrected chi connectivity index (χ1v) is 31.2. The van der Waals surface area contributed by atoms with Crippen LogP contribution in [0.5, 0.6) is 0 Å². The highest BCUT2D eigenvalue weighted by molar-refractivity contribution is 6.06. The summed E-state index contributed by atoms with van der Waals surface area (Å²) in [5.41, 5.74) is 31.9. The van der Waals surface area contributed by atoms with E-state index in [4.69, 9.17) is 19.9 Å². The maximum absolute atomic E-state index is 5.83. The molecule has 10 heteroatoms. The molecule has 4 N–H and O–H groups in total. The zero-order valence-electron chi connectivity index (χ0n) is 51.9. The third-order valence-corrected chi connectivity index (χ3v) is 18.0. The smallest absolute Gasteiger partial charge is 0.0908 e. The van der Waals surface area contributed by atoms with Gasteiger partial charge >= 0.3 is 0 Å². The second-order valence-electron chi connectivity index (χ2n) is 24.2.